The first-order valence-corrected chi connectivity index (χ1v) is 4.83. The summed E-state index contributed by atoms with van der Waals surface area (Å²) in [7, 11) is 0. The number of hydrogen-bond donors (Lipinski definition) is 3. The highest BCUT2D eigenvalue weighted by Gasteiger charge is 2.43. The van der Waals surface area contributed by atoms with Crippen molar-refractivity contribution in [2.45, 2.75) is 24.5 Å². The van der Waals surface area contributed by atoms with Crippen molar-refractivity contribution >= 4 is 6.29 Å². The molecule has 0 spiro atoms. The van der Waals surface area contributed by atoms with Crippen molar-refractivity contribution in [3.63, 3.8) is 0 Å². The fourth-order valence-corrected chi connectivity index (χ4v) is 1.66. The molecule has 8 nitrogen and oxygen atoms in total. The van der Waals surface area contributed by atoms with Crippen LogP contribution >= 0.6 is 0 Å². The number of hydrogen-bond acceptors (Lipinski definition) is 6. The van der Waals surface area contributed by atoms with E-state index in [1.807, 2.05) is 4.98 Å². The zero-order chi connectivity index (χ0) is 12.6. The van der Waals surface area contributed by atoms with Gasteiger partial charge in [-0.1, -0.05) is 0 Å². The molecule has 1 aliphatic rings. The van der Waals surface area contributed by atoms with Gasteiger partial charge in [-0.2, -0.15) is 0 Å². The minimum atomic E-state index is -1.42. The molecule has 2 heterocycles. The summed E-state index contributed by atoms with van der Waals surface area (Å²) in [5.74, 6) is 0. The molecule has 8 heteroatoms. The third-order valence-electron chi connectivity index (χ3n) is 2.53. The molecule has 1 saturated heterocycles. The van der Waals surface area contributed by atoms with E-state index in [-0.39, 0.29) is 0 Å². The van der Waals surface area contributed by atoms with Gasteiger partial charge in [-0.3, -0.25) is 14.3 Å². The van der Waals surface area contributed by atoms with Gasteiger partial charge in [-0.05, 0) is 0 Å². The Bertz CT molecular complexity index is 535. The number of rotatable bonds is 2. The van der Waals surface area contributed by atoms with Gasteiger partial charge in [0.25, 0.3) is 5.56 Å². The molecule has 1 fully saturated rings. The molecule has 4 atom stereocenters. The Morgan fingerprint density at radius 2 is 2.06 bits per heavy atom. The molecule has 2 unspecified atom stereocenters. The van der Waals surface area contributed by atoms with Gasteiger partial charge in [-0.25, -0.2) is 4.79 Å². The zero-order valence-corrected chi connectivity index (χ0v) is 8.52. The van der Waals surface area contributed by atoms with Crippen LogP contribution in [0.2, 0.25) is 0 Å². The summed E-state index contributed by atoms with van der Waals surface area (Å²) in [4.78, 5) is 34.8. The van der Waals surface area contributed by atoms with E-state index in [2.05, 4.69) is 0 Å². The lowest BCUT2D eigenvalue weighted by atomic mass is 10.1. The largest absolute Gasteiger partial charge is 0.387 e. The molecule has 0 aromatic carbocycles. The van der Waals surface area contributed by atoms with E-state index >= 15 is 0 Å². The normalized spacial score (nSPS) is 32.6. The zero-order valence-electron chi connectivity index (χ0n) is 8.52. The van der Waals surface area contributed by atoms with Crippen molar-refractivity contribution < 1.29 is 19.7 Å². The number of ether oxygens (including phenoxy) is 1. The number of carbonyl (C=O) groups excluding carboxylic acids is 1. The molecule has 0 bridgehead atoms. The summed E-state index contributed by atoms with van der Waals surface area (Å²) in [6, 6.07) is 1.07. The van der Waals surface area contributed by atoms with Gasteiger partial charge >= 0.3 is 5.69 Å². The van der Waals surface area contributed by atoms with Crippen molar-refractivity contribution in [3.05, 3.63) is 33.1 Å². The Morgan fingerprint density at radius 3 is 2.59 bits per heavy atom. The Balaban J connectivity index is 2.38. The maximum Gasteiger partial charge on any atom is 0.330 e. The van der Waals surface area contributed by atoms with Gasteiger partial charge in [0.15, 0.2) is 12.5 Å². The van der Waals surface area contributed by atoms with Crippen LogP contribution in [0.4, 0.5) is 0 Å². The summed E-state index contributed by atoms with van der Waals surface area (Å²) >= 11 is 0. The third-order valence-corrected chi connectivity index (χ3v) is 2.53. The number of carbonyl (C=O) groups is 1. The van der Waals surface area contributed by atoms with E-state index in [9.17, 15) is 24.6 Å². The first-order valence-electron chi connectivity index (χ1n) is 4.83. The quantitative estimate of drug-likeness (QED) is 0.487. The molecule has 0 aliphatic carbocycles. The predicted molar refractivity (Wildman–Crippen MR) is 53.3 cm³/mol. The molecule has 0 amide bonds. The molecule has 1 aromatic rings. The number of nitrogens with zero attached hydrogens (tertiary/aromatic N) is 1. The maximum absolute atomic E-state index is 11.4. The lowest BCUT2D eigenvalue weighted by molar-refractivity contribution is -0.122. The number of aliphatic hydroxyl groups excluding tert-OH is 2. The molecule has 17 heavy (non-hydrogen) atoms. The van der Waals surface area contributed by atoms with Crippen molar-refractivity contribution in [2.75, 3.05) is 0 Å². The number of aromatic amines is 1. The highest BCUT2D eigenvalue weighted by atomic mass is 16.6. The SMILES string of the molecule is O=C[C@H]1O[C@@H](n2ccc(=O)[nH]c2=O)C(O)C1O. The van der Waals surface area contributed by atoms with Crippen LogP contribution in [0.3, 0.4) is 0 Å². The fraction of sp³-hybridized carbons (Fsp3) is 0.444. The van der Waals surface area contributed by atoms with Crippen LogP contribution in [0.1, 0.15) is 6.23 Å². The van der Waals surface area contributed by atoms with Gasteiger partial charge < -0.3 is 19.7 Å². The smallest absolute Gasteiger partial charge is 0.330 e. The van der Waals surface area contributed by atoms with Crippen molar-refractivity contribution in [1.29, 1.82) is 0 Å². The summed E-state index contributed by atoms with van der Waals surface area (Å²) in [5.41, 5.74) is -1.38. The molecule has 1 aromatic heterocycles. The minimum absolute atomic E-state index is 0.338. The first kappa shape index (κ1) is 11.7. The second-order valence-corrected chi connectivity index (χ2v) is 3.63. The highest BCUT2D eigenvalue weighted by Crippen LogP contribution is 2.26. The van der Waals surface area contributed by atoms with E-state index in [0.717, 1.165) is 16.8 Å². The number of nitrogens with one attached hydrogen (secondary N) is 1. The van der Waals surface area contributed by atoms with Crippen LogP contribution in [-0.4, -0.2) is 44.4 Å². The third kappa shape index (κ3) is 1.93. The topological polar surface area (TPSA) is 122 Å². The number of aliphatic hydroxyl groups is 2. The average Bonchev–Trinajstić information content (AvgIpc) is 2.57. The van der Waals surface area contributed by atoms with Crippen LogP contribution in [0.5, 0.6) is 0 Å². The second kappa shape index (κ2) is 4.24. The van der Waals surface area contributed by atoms with Gasteiger partial charge in [0.1, 0.15) is 18.3 Å². The van der Waals surface area contributed by atoms with Crippen molar-refractivity contribution in [1.82, 2.24) is 9.55 Å². The number of H-pyrrole nitrogens is 1. The second-order valence-electron chi connectivity index (χ2n) is 3.63. The lowest BCUT2D eigenvalue weighted by Crippen LogP contribution is -2.37. The van der Waals surface area contributed by atoms with E-state index in [0.29, 0.717) is 6.29 Å². The van der Waals surface area contributed by atoms with E-state index in [1.165, 1.54) is 0 Å². The van der Waals surface area contributed by atoms with E-state index in [4.69, 9.17) is 4.74 Å². The Kier molecular flexibility index (Phi) is 2.92. The molecular weight excluding hydrogens is 232 g/mol. The van der Waals surface area contributed by atoms with Crippen LogP contribution in [0, 0.1) is 0 Å². The summed E-state index contributed by atoms with van der Waals surface area (Å²) < 4.78 is 5.92. The highest BCUT2D eigenvalue weighted by molar-refractivity contribution is 5.58. The summed E-state index contributed by atoms with van der Waals surface area (Å²) in [6.07, 6.45) is -3.77. The van der Waals surface area contributed by atoms with Gasteiger partial charge in [0.05, 0.1) is 0 Å². The maximum atomic E-state index is 11.4. The first-order chi connectivity index (χ1) is 8.04. The van der Waals surface area contributed by atoms with Crippen LogP contribution in [0.15, 0.2) is 21.9 Å². The van der Waals surface area contributed by atoms with Crippen LogP contribution < -0.4 is 11.2 Å². The molecule has 3 N–H and O–H groups in total. The minimum Gasteiger partial charge on any atom is -0.387 e. The van der Waals surface area contributed by atoms with E-state index < -0.39 is 35.8 Å². The van der Waals surface area contributed by atoms with Crippen LogP contribution in [-0.2, 0) is 9.53 Å². The van der Waals surface area contributed by atoms with Crippen LogP contribution in [0.25, 0.3) is 0 Å². The van der Waals surface area contributed by atoms with Gasteiger partial charge in [0, 0.05) is 12.3 Å². The average molecular weight is 242 g/mol. The molecule has 2 rings (SSSR count). The molecular formula is C9H10N2O6. The van der Waals surface area contributed by atoms with Crippen molar-refractivity contribution in [2.24, 2.45) is 0 Å². The summed E-state index contributed by atoms with van der Waals surface area (Å²) in [5, 5.41) is 19.1. The number of aldehydes is 1. The Hall–Kier alpha value is -1.77. The molecule has 0 saturated carbocycles. The number of aromatic nitrogens is 2. The summed E-state index contributed by atoms with van der Waals surface area (Å²) in [6.45, 7) is 0. The van der Waals surface area contributed by atoms with Gasteiger partial charge in [0.2, 0.25) is 0 Å². The Morgan fingerprint density at radius 1 is 1.35 bits per heavy atom. The standard InChI is InChI=1S/C9H10N2O6/c12-3-4-6(14)7(15)8(17-4)11-2-1-5(13)10-9(11)16/h1-4,6-8,14-15H,(H,10,13,16)/t4-,6?,7?,8-/m1/s1. The monoisotopic (exact) mass is 242 g/mol. The lowest BCUT2D eigenvalue weighted by Gasteiger charge is -2.16. The van der Waals surface area contributed by atoms with E-state index in [1.54, 1.807) is 0 Å². The molecule has 92 valence electrons. The molecule has 1 aliphatic heterocycles. The van der Waals surface area contributed by atoms with Gasteiger partial charge in [-0.15, -0.1) is 0 Å². The van der Waals surface area contributed by atoms with Crippen molar-refractivity contribution in [3.8, 4) is 0 Å². The predicted octanol–water partition coefficient (Wildman–Crippen LogP) is -2.65. The molecule has 0 radical (unpaired) electrons. The fourth-order valence-electron chi connectivity index (χ4n) is 1.66. The Labute approximate surface area is 94.1 Å².